The predicted molar refractivity (Wildman–Crippen MR) is 76.4 cm³/mol. The fourth-order valence-electron chi connectivity index (χ4n) is 2.01. The van der Waals surface area contributed by atoms with Gasteiger partial charge in [0, 0.05) is 24.0 Å². The van der Waals surface area contributed by atoms with E-state index in [0.29, 0.717) is 12.1 Å². The molecule has 2 aromatic rings. The van der Waals surface area contributed by atoms with Crippen molar-refractivity contribution < 1.29 is 4.39 Å². The van der Waals surface area contributed by atoms with Crippen molar-refractivity contribution in [1.82, 2.24) is 10.3 Å². The van der Waals surface area contributed by atoms with Crippen molar-refractivity contribution in [2.75, 3.05) is 6.54 Å². The minimum Gasteiger partial charge on any atom is -0.313 e. The van der Waals surface area contributed by atoms with Crippen LogP contribution < -0.4 is 5.32 Å². The molecular weight excluding hydrogens is 239 g/mol. The Morgan fingerprint density at radius 1 is 1.16 bits per heavy atom. The lowest BCUT2D eigenvalue weighted by Gasteiger charge is -2.08. The molecule has 0 aliphatic heterocycles. The first-order chi connectivity index (χ1) is 9.20. The van der Waals surface area contributed by atoms with E-state index in [0.717, 1.165) is 29.8 Å². The predicted octanol–water partition coefficient (Wildman–Crippen LogP) is 3.70. The van der Waals surface area contributed by atoms with Gasteiger partial charge in [-0.15, -0.1) is 0 Å². The summed E-state index contributed by atoms with van der Waals surface area (Å²) in [6.45, 7) is 5.52. The fraction of sp³-hybridized carbons (Fsp3) is 0.312. The standard InChI is InChI=1S/C16H19FN2/c1-3-7-18-11-15-10-13(4-5-16(15)17)14-6-8-19-12(2)9-14/h4-6,8-10,18H,3,7,11H2,1-2H3. The summed E-state index contributed by atoms with van der Waals surface area (Å²) in [7, 11) is 0. The van der Waals surface area contributed by atoms with Gasteiger partial charge in [0.25, 0.3) is 0 Å². The van der Waals surface area contributed by atoms with Crippen LogP contribution in [0.4, 0.5) is 4.39 Å². The highest BCUT2D eigenvalue weighted by Gasteiger charge is 2.05. The molecule has 3 heteroatoms. The quantitative estimate of drug-likeness (QED) is 0.827. The third-order valence-electron chi connectivity index (χ3n) is 3.02. The van der Waals surface area contributed by atoms with E-state index in [2.05, 4.69) is 17.2 Å². The normalized spacial score (nSPS) is 10.7. The highest BCUT2D eigenvalue weighted by atomic mass is 19.1. The van der Waals surface area contributed by atoms with Crippen LogP contribution in [0.5, 0.6) is 0 Å². The Labute approximate surface area is 113 Å². The van der Waals surface area contributed by atoms with Gasteiger partial charge in [-0.2, -0.15) is 0 Å². The van der Waals surface area contributed by atoms with Crippen LogP contribution in [0.1, 0.15) is 24.6 Å². The van der Waals surface area contributed by atoms with Crippen molar-refractivity contribution >= 4 is 0 Å². The molecule has 1 aromatic heterocycles. The zero-order valence-electron chi connectivity index (χ0n) is 11.4. The average Bonchev–Trinajstić information content (AvgIpc) is 2.41. The lowest BCUT2D eigenvalue weighted by molar-refractivity contribution is 0.587. The molecule has 0 saturated heterocycles. The summed E-state index contributed by atoms with van der Waals surface area (Å²) in [5.74, 6) is -0.155. The molecule has 0 saturated carbocycles. The molecule has 0 spiro atoms. The van der Waals surface area contributed by atoms with Crippen molar-refractivity contribution in [1.29, 1.82) is 0 Å². The van der Waals surface area contributed by atoms with E-state index < -0.39 is 0 Å². The largest absolute Gasteiger partial charge is 0.313 e. The Morgan fingerprint density at radius 3 is 2.68 bits per heavy atom. The highest BCUT2D eigenvalue weighted by Crippen LogP contribution is 2.22. The van der Waals surface area contributed by atoms with Crippen LogP contribution in [0.2, 0.25) is 0 Å². The number of pyridine rings is 1. The van der Waals surface area contributed by atoms with Crippen LogP contribution in [0.15, 0.2) is 36.5 Å². The smallest absolute Gasteiger partial charge is 0.127 e. The first kappa shape index (κ1) is 13.7. The Bertz CT molecular complexity index is 552. The van der Waals surface area contributed by atoms with Gasteiger partial charge in [-0.3, -0.25) is 4.98 Å². The zero-order valence-corrected chi connectivity index (χ0v) is 11.4. The molecule has 1 N–H and O–H groups in total. The third-order valence-corrected chi connectivity index (χ3v) is 3.02. The van der Waals surface area contributed by atoms with E-state index in [1.165, 1.54) is 6.07 Å². The summed E-state index contributed by atoms with van der Waals surface area (Å²) in [4.78, 5) is 4.18. The average molecular weight is 258 g/mol. The second-order valence-electron chi connectivity index (χ2n) is 4.67. The van der Waals surface area contributed by atoms with Crippen LogP contribution >= 0.6 is 0 Å². The van der Waals surface area contributed by atoms with Gasteiger partial charge in [-0.05, 0) is 55.3 Å². The molecule has 0 amide bonds. The van der Waals surface area contributed by atoms with Gasteiger partial charge in [-0.25, -0.2) is 4.39 Å². The molecule has 0 radical (unpaired) electrons. The number of nitrogens with one attached hydrogen (secondary N) is 1. The molecular formula is C16H19FN2. The van der Waals surface area contributed by atoms with Crippen LogP contribution in [-0.4, -0.2) is 11.5 Å². The summed E-state index contributed by atoms with van der Waals surface area (Å²) < 4.78 is 13.7. The Kier molecular flexibility index (Phi) is 4.63. The number of halogens is 1. The maximum absolute atomic E-state index is 13.7. The molecule has 0 bridgehead atoms. The van der Waals surface area contributed by atoms with Gasteiger partial charge in [0.15, 0.2) is 0 Å². The van der Waals surface area contributed by atoms with E-state index in [-0.39, 0.29) is 5.82 Å². The van der Waals surface area contributed by atoms with E-state index in [4.69, 9.17) is 0 Å². The van der Waals surface area contributed by atoms with Gasteiger partial charge in [-0.1, -0.05) is 13.0 Å². The van der Waals surface area contributed by atoms with E-state index in [1.807, 2.05) is 31.2 Å². The highest BCUT2D eigenvalue weighted by molar-refractivity contribution is 5.64. The molecule has 0 aliphatic carbocycles. The first-order valence-electron chi connectivity index (χ1n) is 6.63. The Morgan fingerprint density at radius 2 is 1.95 bits per heavy atom. The number of hydrogen-bond donors (Lipinski definition) is 1. The number of nitrogens with zero attached hydrogens (tertiary/aromatic N) is 1. The van der Waals surface area contributed by atoms with Gasteiger partial charge in [0.05, 0.1) is 0 Å². The Hall–Kier alpha value is -1.74. The molecule has 2 rings (SSSR count). The number of aryl methyl sites for hydroxylation is 1. The molecule has 2 nitrogen and oxygen atoms in total. The summed E-state index contributed by atoms with van der Waals surface area (Å²) >= 11 is 0. The van der Waals surface area contributed by atoms with Crippen LogP contribution in [0, 0.1) is 12.7 Å². The molecule has 1 aromatic carbocycles. The minimum absolute atomic E-state index is 0.155. The number of aromatic nitrogens is 1. The molecule has 1 heterocycles. The van der Waals surface area contributed by atoms with Gasteiger partial charge >= 0.3 is 0 Å². The molecule has 0 atom stereocenters. The monoisotopic (exact) mass is 258 g/mol. The van der Waals surface area contributed by atoms with Crippen molar-refractivity contribution in [2.24, 2.45) is 0 Å². The van der Waals surface area contributed by atoms with E-state index in [1.54, 1.807) is 6.20 Å². The van der Waals surface area contributed by atoms with Gasteiger partial charge in [0.2, 0.25) is 0 Å². The van der Waals surface area contributed by atoms with E-state index >= 15 is 0 Å². The molecule has 100 valence electrons. The fourth-order valence-corrected chi connectivity index (χ4v) is 2.01. The topological polar surface area (TPSA) is 24.9 Å². The minimum atomic E-state index is -0.155. The number of benzene rings is 1. The molecule has 0 unspecified atom stereocenters. The number of hydrogen-bond acceptors (Lipinski definition) is 2. The maximum atomic E-state index is 13.7. The first-order valence-corrected chi connectivity index (χ1v) is 6.63. The van der Waals surface area contributed by atoms with Crippen molar-refractivity contribution in [2.45, 2.75) is 26.8 Å². The van der Waals surface area contributed by atoms with Gasteiger partial charge in [0.1, 0.15) is 5.82 Å². The Balaban J connectivity index is 2.25. The molecule has 0 fully saturated rings. The van der Waals surface area contributed by atoms with Crippen LogP contribution in [0.25, 0.3) is 11.1 Å². The third kappa shape index (κ3) is 3.61. The maximum Gasteiger partial charge on any atom is 0.127 e. The van der Waals surface area contributed by atoms with Gasteiger partial charge < -0.3 is 5.32 Å². The number of rotatable bonds is 5. The second-order valence-corrected chi connectivity index (χ2v) is 4.67. The summed E-state index contributed by atoms with van der Waals surface area (Å²) in [5.41, 5.74) is 3.78. The van der Waals surface area contributed by atoms with Crippen molar-refractivity contribution in [3.05, 3.63) is 53.6 Å². The lowest BCUT2D eigenvalue weighted by Crippen LogP contribution is -2.14. The van der Waals surface area contributed by atoms with Crippen molar-refractivity contribution in [3.63, 3.8) is 0 Å². The van der Waals surface area contributed by atoms with Crippen molar-refractivity contribution in [3.8, 4) is 11.1 Å². The second kappa shape index (κ2) is 6.43. The molecule has 19 heavy (non-hydrogen) atoms. The summed E-state index contributed by atoms with van der Waals surface area (Å²) in [6, 6.07) is 9.22. The zero-order chi connectivity index (χ0) is 13.7. The van der Waals surface area contributed by atoms with E-state index in [9.17, 15) is 4.39 Å². The summed E-state index contributed by atoms with van der Waals surface area (Å²) in [6.07, 6.45) is 2.83. The summed E-state index contributed by atoms with van der Waals surface area (Å²) in [5, 5.41) is 3.23. The molecule has 0 aliphatic rings. The van der Waals surface area contributed by atoms with Crippen LogP contribution in [0.3, 0.4) is 0 Å². The lowest BCUT2D eigenvalue weighted by atomic mass is 10.0. The SMILES string of the molecule is CCCNCc1cc(-c2ccnc(C)c2)ccc1F. The van der Waals surface area contributed by atoms with Crippen LogP contribution in [-0.2, 0) is 6.54 Å².